The Morgan fingerprint density at radius 2 is 2.15 bits per heavy atom. The number of thiazole rings is 1. The van der Waals surface area contributed by atoms with Gasteiger partial charge in [0.05, 0.1) is 11.4 Å². The Morgan fingerprint density at radius 3 is 2.75 bits per heavy atom. The lowest BCUT2D eigenvalue weighted by atomic mass is 10.3. The molecule has 106 valence electrons. The number of nitrogen functional groups attached to an aromatic ring is 1. The summed E-state index contributed by atoms with van der Waals surface area (Å²) in [7, 11) is 0. The first-order valence-electron chi connectivity index (χ1n) is 5.55. The Balaban J connectivity index is 2.22. The number of aryl methyl sites for hydroxylation is 1. The maximum absolute atomic E-state index is 12.3. The van der Waals surface area contributed by atoms with Crippen molar-refractivity contribution in [3.8, 4) is 5.75 Å². The van der Waals surface area contributed by atoms with Crippen LogP contribution in [0.25, 0.3) is 0 Å². The van der Waals surface area contributed by atoms with E-state index in [4.69, 9.17) is 5.73 Å². The number of nitrogens with zero attached hydrogens (tertiary/aromatic N) is 1. The Kier molecular flexibility index (Phi) is 4.14. The summed E-state index contributed by atoms with van der Waals surface area (Å²) >= 11 is 1.03. The van der Waals surface area contributed by atoms with E-state index in [1.54, 1.807) is 13.0 Å². The van der Waals surface area contributed by atoms with Gasteiger partial charge in [0.15, 0.2) is 5.13 Å². The molecule has 0 aliphatic carbocycles. The van der Waals surface area contributed by atoms with Crippen LogP contribution in [-0.4, -0.2) is 17.5 Å². The largest absolute Gasteiger partial charge is 0.433 e. The molecule has 5 nitrogen and oxygen atoms in total. The van der Waals surface area contributed by atoms with Crippen LogP contribution in [-0.2, 0) is 0 Å². The number of rotatable bonds is 4. The molecule has 0 spiro atoms. The van der Waals surface area contributed by atoms with Crippen LogP contribution in [0, 0.1) is 6.92 Å². The maximum Gasteiger partial charge on any atom is 0.387 e. The van der Waals surface area contributed by atoms with E-state index >= 15 is 0 Å². The second-order valence-corrected chi connectivity index (χ2v) is 4.83. The Bertz CT molecular complexity index is 631. The van der Waals surface area contributed by atoms with Gasteiger partial charge in [-0.15, -0.1) is 0 Å². The van der Waals surface area contributed by atoms with Crippen molar-refractivity contribution in [2.75, 3.05) is 11.1 Å². The highest BCUT2D eigenvalue weighted by Crippen LogP contribution is 2.27. The van der Waals surface area contributed by atoms with Gasteiger partial charge in [-0.3, -0.25) is 4.79 Å². The summed E-state index contributed by atoms with van der Waals surface area (Å²) in [4.78, 5) is 16.3. The van der Waals surface area contributed by atoms with Crippen molar-refractivity contribution in [1.29, 1.82) is 0 Å². The number of nitrogens with two attached hydrogens (primary N) is 1. The molecule has 0 saturated carbocycles. The fourth-order valence-corrected chi connectivity index (χ4v) is 2.30. The van der Waals surface area contributed by atoms with Gasteiger partial charge in [0.2, 0.25) is 0 Å². The van der Waals surface area contributed by atoms with Crippen LogP contribution in [0.4, 0.5) is 19.6 Å². The molecule has 1 amide bonds. The number of carbonyl (C=O) groups is 1. The molecule has 2 aromatic rings. The highest BCUT2D eigenvalue weighted by atomic mass is 32.1. The first kappa shape index (κ1) is 14.2. The zero-order chi connectivity index (χ0) is 14.7. The monoisotopic (exact) mass is 299 g/mol. The summed E-state index contributed by atoms with van der Waals surface area (Å²) in [6.07, 6.45) is 0. The molecule has 1 heterocycles. The summed E-state index contributed by atoms with van der Waals surface area (Å²) in [5.41, 5.74) is 6.15. The molecule has 3 N–H and O–H groups in total. The molecule has 8 heteroatoms. The zero-order valence-electron chi connectivity index (χ0n) is 10.4. The second-order valence-electron chi connectivity index (χ2n) is 3.80. The van der Waals surface area contributed by atoms with E-state index in [1.165, 1.54) is 18.2 Å². The second kappa shape index (κ2) is 5.83. The van der Waals surface area contributed by atoms with Gasteiger partial charge >= 0.3 is 6.61 Å². The fraction of sp³-hybridized carbons (Fsp3) is 0.167. The molecule has 2 rings (SSSR count). The number of benzene rings is 1. The van der Waals surface area contributed by atoms with Crippen LogP contribution in [0.2, 0.25) is 0 Å². The lowest BCUT2D eigenvalue weighted by Crippen LogP contribution is -2.13. The van der Waals surface area contributed by atoms with Crippen molar-refractivity contribution >= 4 is 28.1 Å². The van der Waals surface area contributed by atoms with Crippen molar-refractivity contribution in [2.24, 2.45) is 0 Å². The summed E-state index contributed by atoms with van der Waals surface area (Å²) in [5, 5.41) is 2.77. The van der Waals surface area contributed by atoms with E-state index in [0.29, 0.717) is 10.6 Å². The molecule has 1 aromatic heterocycles. The first-order chi connectivity index (χ1) is 9.47. The minimum Gasteiger partial charge on any atom is -0.433 e. The molecule has 0 radical (unpaired) electrons. The van der Waals surface area contributed by atoms with Crippen molar-refractivity contribution in [2.45, 2.75) is 13.5 Å². The van der Waals surface area contributed by atoms with Crippen LogP contribution in [0.15, 0.2) is 24.3 Å². The topological polar surface area (TPSA) is 77.2 Å². The third-order valence-corrected chi connectivity index (χ3v) is 3.36. The standard InChI is InChI=1S/C12H11F2N3O2S/c1-6-9(20-12(15)16-6)10(18)17-7-4-2-3-5-8(7)19-11(13)14/h2-5,11H,1H3,(H2,15,16)(H,17,18). The van der Waals surface area contributed by atoms with E-state index < -0.39 is 12.5 Å². The molecular formula is C12H11F2N3O2S. The maximum atomic E-state index is 12.3. The predicted molar refractivity (Wildman–Crippen MR) is 72.3 cm³/mol. The van der Waals surface area contributed by atoms with Crippen LogP contribution >= 0.6 is 11.3 Å². The van der Waals surface area contributed by atoms with Crippen molar-refractivity contribution < 1.29 is 18.3 Å². The van der Waals surface area contributed by atoms with Crippen molar-refractivity contribution in [1.82, 2.24) is 4.98 Å². The normalized spacial score (nSPS) is 10.6. The minimum atomic E-state index is -2.96. The fourth-order valence-electron chi connectivity index (χ4n) is 1.58. The Morgan fingerprint density at radius 1 is 1.45 bits per heavy atom. The number of anilines is 2. The van der Waals surface area contributed by atoms with Gasteiger partial charge in [0, 0.05) is 0 Å². The molecule has 0 bridgehead atoms. The lowest BCUT2D eigenvalue weighted by molar-refractivity contribution is -0.0493. The molecule has 1 aromatic carbocycles. The molecule has 0 fully saturated rings. The zero-order valence-corrected chi connectivity index (χ0v) is 11.2. The molecule has 0 aliphatic heterocycles. The van der Waals surface area contributed by atoms with E-state index in [0.717, 1.165) is 11.3 Å². The van der Waals surface area contributed by atoms with E-state index in [2.05, 4.69) is 15.0 Å². The van der Waals surface area contributed by atoms with Crippen LogP contribution in [0.1, 0.15) is 15.4 Å². The summed E-state index contributed by atoms with van der Waals surface area (Å²) < 4.78 is 28.9. The number of halogens is 2. The van der Waals surface area contributed by atoms with Crippen LogP contribution in [0.3, 0.4) is 0 Å². The van der Waals surface area contributed by atoms with Crippen molar-refractivity contribution in [3.05, 3.63) is 34.8 Å². The van der Waals surface area contributed by atoms with E-state index in [1.807, 2.05) is 0 Å². The quantitative estimate of drug-likeness (QED) is 0.910. The number of carbonyl (C=O) groups excluding carboxylic acids is 1. The molecule has 0 saturated heterocycles. The lowest BCUT2D eigenvalue weighted by Gasteiger charge is -2.11. The molecule has 0 atom stereocenters. The number of nitrogens with one attached hydrogen (secondary N) is 1. The Labute approximate surface area is 117 Å². The number of aromatic nitrogens is 1. The third-order valence-electron chi connectivity index (χ3n) is 2.37. The number of hydrogen-bond acceptors (Lipinski definition) is 5. The van der Waals surface area contributed by atoms with Gasteiger partial charge in [-0.05, 0) is 19.1 Å². The van der Waals surface area contributed by atoms with Gasteiger partial charge in [-0.2, -0.15) is 8.78 Å². The number of hydrogen-bond donors (Lipinski definition) is 2. The van der Waals surface area contributed by atoms with E-state index in [-0.39, 0.29) is 16.6 Å². The summed E-state index contributed by atoms with van der Waals surface area (Å²) in [5.74, 6) is -0.576. The van der Waals surface area contributed by atoms with Gasteiger partial charge in [0.1, 0.15) is 10.6 Å². The number of ether oxygens (including phenoxy) is 1. The van der Waals surface area contributed by atoms with Gasteiger partial charge in [0.25, 0.3) is 5.91 Å². The number of para-hydroxylation sites is 2. The summed E-state index contributed by atoms with van der Waals surface area (Å²) in [6.45, 7) is -1.32. The van der Waals surface area contributed by atoms with Crippen molar-refractivity contribution in [3.63, 3.8) is 0 Å². The smallest absolute Gasteiger partial charge is 0.387 e. The van der Waals surface area contributed by atoms with Gasteiger partial charge < -0.3 is 15.8 Å². The SMILES string of the molecule is Cc1nc(N)sc1C(=O)Nc1ccccc1OC(F)F. The summed E-state index contributed by atoms with van der Waals surface area (Å²) in [6, 6.07) is 5.94. The number of amides is 1. The van der Waals surface area contributed by atoms with E-state index in [9.17, 15) is 13.6 Å². The minimum absolute atomic E-state index is 0.106. The average molecular weight is 299 g/mol. The average Bonchev–Trinajstić information content (AvgIpc) is 2.70. The van der Waals surface area contributed by atoms with Crippen LogP contribution < -0.4 is 15.8 Å². The highest BCUT2D eigenvalue weighted by Gasteiger charge is 2.17. The number of alkyl halides is 2. The van der Waals surface area contributed by atoms with Gasteiger partial charge in [-0.25, -0.2) is 4.98 Å². The first-order valence-corrected chi connectivity index (χ1v) is 6.37. The Hall–Kier alpha value is -2.22. The molecule has 0 aliphatic rings. The molecule has 20 heavy (non-hydrogen) atoms. The third kappa shape index (κ3) is 3.21. The van der Waals surface area contributed by atoms with Crippen LogP contribution in [0.5, 0.6) is 5.75 Å². The molecule has 0 unspecified atom stereocenters. The van der Waals surface area contributed by atoms with Gasteiger partial charge in [-0.1, -0.05) is 23.5 Å². The predicted octanol–water partition coefficient (Wildman–Crippen LogP) is 2.89. The highest BCUT2D eigenvalue weighted by molar-refractivity contribution is 7.17. The molecular weight excluding hydrogens is 288 g/mol.